The van der Waals surface area contributed by atoms with Crippen molar-refractivity contribution in [2.45, 2.75) is 45.4 Å². The molecule has 7 heteroatoms. The molecule has 1 fully saturated rings. The smallest absolute Gasteiger partial charge is 0.237 e. The summed E-state index contributed by atoms with van der Waals surface area (Å²) >= 11 is 0. The lowest BCUT2D eigenvalue weighted by Gasteiger charge is -2.36. The highest BCUT2D eigenvalue weighted by atomic mass is 16.2. The molecular formula is C25H31N5O2. The molecule has 3 aromatic rings. The lowest BCUT2D eigenvalue weighted by Crippen LogP contribution is -2.56. The van der Waals surface area contributed by atoms with Crippen molar-refractivity contribution in [3.8, 4) is 0 Å². The van der Waals surface area contributed by atoms with E-state index in [-0.39, 0.29) is 24.3 Å². The van der Waals surface area contributed by atoms with Crippen molar-refractivity contribution in [2.75, 3.05) is 13.1 Å². The summed E-state index contributed by atoms with van der Waals surface area (Å²) in [7, 11) is 1.92. The minimum absolute atomic E-state index is 0.0137. The molecule has 1 N–H and O–H groups in total. The summed E-state index contributed by atoms with van der Waals surface area (Å²) in [5.74, 6) is 0.716. The standard InChI is InChI=1S/C25H31N5O2/c1-18(2)30(17-23-26-10-12-28(23)3)24(31)15-22-25(32)27-11-13-29(22)16-19-8-9-20-6-4-5-7-21(20)14-19/h4-10,12,14,18,22H,11,13,15-17H2,1-3H3,(H,27,32)/t22-/m1/s1. The van der Waals surface area contributed by atoms with Gasteiger partial charge in [0, 0.05) is 45.1 Å². The van der Waals surface area contributed by atoms with Crippen molar-refractivity contribution in [1.82, 2.24) is 24.7 Å². The highest BCUT2D eigenvalue weighted by molar-refractivity contribution is 5.89. The lowest BCUT2D eigenvalue weighted by molar-refractivity contribution is -0.140. The summed E-state index contributed by atoms with van der Waals surface area (Å²) in [5, 5.41) is 5.31. The molecule has 1 atom stereocenters. The van der Waals surface area contributed by atoms with Gasteiger partial charge in [0.05, 0.1) is 19.0 Å². The number of hydrogen-bond acceptors (Lipinski definition) is 4. The van der Waals surface area contributed by atoms with Crippen LogP contribution < -0.4 is 5.32 Å². The monoisotopic (exact) mass is 433 g/mol. The third kappa shape index (κ3) is 4.83. The predicted molar refractivity (Wildman–Crippen MR) is 125 cm³/mol. The quantitative estimate of drug-likeness (QED) is 0.622. The van der Waals surface area contributed by atoms with E-state index in [9.17, 15) is 9.59 Å². The van der Waals surface area contributed by atoms with Gasteiger partial charge < -0.3 is 14.8 Å². The van der Waals surface area contributed by atoms with Crippen LogP contribution in [-0.4, -0.2) is 56.3 Å². The van der Waals surface area contributed by atoms with E-state index in [0.717, 1.165) is 17.9 Å². The minimum atomic E-state index is -0.481. The van der Waals surface area contributed by atoms with Gasteiger partial charge in [-0.15, -0.1) is 0 Å². The van der Waals surface area contributed by atoms with Crippen LogP contribution in [0.3, 0.4) is 0 Å². The fraction of sp³-hybridized carbons (Fsp3) is 0.400. The zero-order valence-electron chi connectivity index (χ0n) is 19.0. The van der Waals surface area contributed by atoms with Gasteiger partial charge in [-0.25, -0.2) is 4.98 Å². The van der Waals surface area contributed by atoms with Crippen LogP contribution in [0, 0.1) is 0 Å². The molecule has 0 saturated carbocycles. The molecule has 1 aliphatic heterocycles. The number of fused-ring (bicyclic) bond motifs is 1. The van der Waals surface area contributed by atoms with E-state index >= 15 is 0 Å². The molecule has 32 heavy (non-hydrogen) atoms. The molecule has 2 heterocycles. The Morgan fingerprint density at radius 2 is 2.00 bits per heavy atom. The number of rotatable bonds is 7. The van der Waals surface area contributed by atoms with Crippen molar-refractivity contribution in [1.29, 1.82) is 0 Å². The van der Waals surface area contributed by atoms with Crippen molar-refractivity contribution in [2.24, 2.45) is 7.05 Å². The summed E-state index contributed by atoms with van der Waals surface area (Å²) in [6, 6.07) is 14.2. The van der Waals surface area contributed by atoms with E-state index in [1.807, 2.05) is 43.8 Å². The van der Waals surface area contributed by atoms with E-state index < -0.39 is 6.04 Å². The maximum Gasteiger partial charge on any atom is 0.237 e. The number of carbonyl (C=O) groups excluding carboxylic acids is 2. The number of imidazole rings is 1. The van der Waals surface area contributed by atoms with E-state index in [4.69, 9.17) is 0 Å². The largest absolute Gasteiger partial charge is 0.353 e. The zero-order chi connectivity index (χ0) is 22.7. The second-order valence-corrected chi connectivity index (χ2v) is 8.73. The van der Waals surface area contributed by atoms with Crippen molar-refractivity contribution < 1.29 is 9.59 Å². The number of carbonyl (C=O) groups is 2. The van der Waals surface area contributed by atoms with Gasteiger partial charge in [-0.1, -0.05) is 36.4 Å². The van der Waals surface area contributed by atoms with Crippen LogP contribution in [0.15, 0.2) is 54.9 Å². The van der Waals surface area contributed by atoms with E-state index in [1.165, 1.54) is 10.8 Å². The van der Waals surface area contributed by atoms with Gasteiger partial charge in [0.25, 0.3) is 0 Å². The van der Waals surface area contributed by atoms with Gasteiger partial charge in [0.1, 0.15) is 5.82 Å². The molecule has 0 radical (unpaired) electrons. The lowest BCUT2D eigenvalue weighted by atomic mass is 10.0. The molecule has 2 aromatic carbocycles. The number of benzene rings is 2. The molecular weight excluding hydrogens is 402 g/mol. The van der Waals surface area contributed by atoms with Crippen molar-refractivity contribution >= 4 is 22.6 Å². The van der Waals surface area contributed by atoms with Gasteiger partial charge in [-0.05, 0) is 36.2 Å². The SMILES string of the molecule is CC(C)N(Cc1nccn1C)C(=O)C[C@@H]1C(=O)NCCN1Cc1ccc2ccccc2c1. The number of piperazine rings is 1. The Bertz CT molecular complexity index is 1110. The van der Waals surface area contributed by atoms with Gasteiger partial charge in [-0.2, -0.15) is 0 Å². The fourth-order valence-corrected chi connectivity index (χ4v) is 4.29. The first-order valence-electron chi connectivity index (χ1n) is 11.2. The molecule has 0 spiro atoms. The van der Waals surface area contributed by atoms with Gasteiger partial charge in [0.15, 0.2) is 0 Å². The van der Waals surface area contributed by atoms with E-state index in [1.54, 1.807) is 11.1 Å². The maximum absolute atomic E-state index is 13.3. The molecule has 4 rings (SSSR count). The van der Waals surface area contributed by atoms with E-state index in [0.29, 0.717) is 19.6 Å². The number of aryl methyl sites for hydroxylation is 1. The van der Waals surface area contributed by atoms with Gasteiger partial charge in [-0.3, -0.25) is 14.5 Å². The van der Waals surface area contributed by atoms with Crippen LogP contribution in [0.25, 0.3) is 10.8 Å². The Kier molecular flexibility index (Phi) is 6.55. The molecule has 0 aliphatic carbocycles. The summed E-state index contributed by atoms with van der Waals surface area (Å²) in [6.45, 7) is 6.37. The maximum atomic E-state index is 13.3. The van der Waals surface area contributed by atoms with Gasteiger partial charge >= 0.3 is 0 Å². The molecule has 0 bridgehead atoms. The Labute approximate surface area is 189 Å². The Balaban J connectivity index is 1.50. The number of aromatic nitrogens is 2. The number of hydrogen-bond donors (Lipinski definition) is 1. The van der Waals surface area contributed by atoms with Crippen LogP contribution in [0.5, 0.6) is 0 Å². The summed E-state index contributed by atoms with van der Waals surface area (Å²) in [4.78, 5) is 34.3. The average molecular weight is 434 g/mol. The van der Waals surface area contributed by atoms with Crippen LogP contribution in [0.1, 0.15) is 31.7 Å². The van der Waals surface area contributed by atoms with Crippen LogP contribution in [0.4, 0.5) is 0 Å². The average Bonchev–Trinajstić information content (AvgIpc) is 3.18. The molecule has 7 nitrogen and oxygen atoms in total. The minimum Gasteiger partial charge on any atom is -0.353 e. The second kappa shape index (κ2) is 9.53. The Morgan fingerprint density at radius 1 is 1.22 bits per heavy atom. The molecule has 168 valence electrons. The van der Waals surface area contributed by atoms with Gasteiger partial charge in [0.2, 0.25) is 11.8 Å². The third-order valence-electron chi connectivity index (χ3n) is 6.19. The zero-order valence-corrected chi connectivity index (χ0v) is 19.0. The normalized spacial score (nSPS) is 17.0. The Morgan fingerprint density at radius 3 is 2.72 bits per heavy atom. The second-order valence-electron chi connectivity index (χ2n) is 8.73. The topological polar surface area (TPSA) is 70.5 Å². The highest BCUT2D eigenvalue weighted by Gasteiger charge is 2.33. The fourth-order valence-electron chi connectivity index (χ4n) is 4.29. The third-order valence-corrected chi connectivity index (χ3v) is 6.19. The molecule has 2 amide bonds. The number of nitrogens with one attached hydrogen (secondary N) is 1. The molecule has 1 aliphatic rings. The van der Waals surface area contributed by atoms with Crippen molar-refractivity contribution in [3.05, 3.63) is 66.2 Å². The van der Waals surface area contributed by atoms with Crippen molar-refractivity contribution in [3.63, 3.8) is 0 Å². The highest BCUT2D eigenvalue weighted by Crippen LogP contribution is 2.20. The summed E-state index contributed by atoms with van der Waals surface area (Å²) < 4.78 is 1.92. The molecule has 1 saturated heterocycles. The first kappa shape index (κ1) is 22.0. The first-order valence-corrected chi connectivity index (χ1v) is 11.2. The summed E-state index contributed by atoms with van der Waals surface area (Å²) in [5.41, 5.74) is 1.14. The van der Waals surface area contributed by atoms with E-state index in [2.05, 4.69) is 45.5 Å². The van der Waals surface area contributed by atoms with Crippen LogP contribution in [-0.2, 0) is 29.7 Å². The number of nitrogens with zero attached hydrogens (tertiary/aromatic N) is 4. The Hall–Kier alpha value is -3.19. The van der Waals surface area contributed by atoms with Crippen LogP contribution >= 0.6 is 0 Å². The number of amides is 2. The summed E-state index contributed by atoms with van der Waals surface area (Å²) in [6.07, 6.45) is 3.76. The predicted octanol–water partition coefficient (Wildman–Crippen LogP) is 2.70. The first-order chi connectivity index (χ1) is 15.4. The van der Waals surface area contributed by atoms with Crippen LogP contribution in [0.2, 0.25) is 0 Å². The molecule has 0 unspecified atom stereocenters. The molecule has 1 aromatic heterocycles.